The summed E-state index contributed by atoms with van der Waals surface area (Å²) in [6.45, 7) is 3.33. The fraction of sp³-hybridized carbons (Fsp3) is 0.529. The molecule has 2 amide bonds. The summed E-state index contributed by atoms with van der Waals surface area (Å²) in [5, 5.41) is 7.03. The van der Waals surface area contributed by atoms with Gasteiger partial charge in [-0.05, 0) is 30.5 Å². The summed E-state index contributed by atoms with van der Waals surface area (Å²) in [5.74, 6) is 0.0473. The Morgan fingerprint density at radius 2 is 2.04 bits per heavy atom. The van der Waals surface area contributed by atoms with Gasteiger partial charge in [0.1, 0.15) is 12.1 Å². The quantitative estimate of drug-likeness (QED) is 0.861. The number of benzene rings is 1. The van der Waals surface area contributed by atoms with E-state index in [2.05, 4.69) is 10.6 Å². The third kappa shape index (κ3) is 3.51. The number of hydrogen-bond acceptors (Lipinski definition) is 3. The smallest absolute Gasteiger partial charge is 0.245 e. The average Bonchev–Trinajstić information content (AvgIpc) is 2.97. The Kier molecular flexibility index (Phi) is 4.87. The topological polar surface area (TPSA) is 61.4 Å². The number of rotatable bonds is 5. The molecule has 3 rings (SSSR count). The molecule has 2 aliphatic heterocycles. The average molecular weight is 336 g/mol. The van der Waals surface area contributed by atoms with Gasteiger partial charge in [0, 0.05) is 24.2 Å². The van der Waals surface area contributed by atoms with E-state index in [9.17, 15) is 9.59 Å². The van der Waals surface area contributed by atoms with Crippen molar-refractivity contribution in [1.82, 2.24) is 15.5 Å². The lowest BCUT2D eigenvalue weighted by atomic mass is 10.0. The van der Waals surface area contributed by atoms with Gasteiger partial charge in [0.25, 0.3) is 0 Å². The van der Waals surface area contributed by atoms with Crippen molar-refractivity contribution >= 4 is 23.4 Å². The molecule has 0 spiro atoms. The molecule has 5 nitrogen and oxygen atoms in total. The first-order valence-electron chi connectivity index (χ1n) is 8.17. The molecule has 0 aromatic heterocycles. The first kappa shape index (κ1) is 16.3. The highest BCUT2D eigenvalue weighted by Gasteiger charge is 2.45. The van der Waals surface area contributed by atoms with Crippen LogP contribution in [0.25, 0.3) is 0 Å². The van der Waals surface area contributed by atoms with Crippen molar-refractivity contribution in [3.05, 3.63) is 34.9 Å². The second-order valence-electron chi connectivity index (χ2n) is 6.30. The fourth-order valence-electron chi connectivity index (χ4n) is 3.35. The van der Waals surface area contributed by atoms with Gasteiger partial charge in [0.05, 0.1) is 0 Å². The maximum Gasteiger partial charge on any atom is 0.245 e. The minimum Gasteiger partial charge on any atom is -0.343 e. The van der Waals surface area contributed by atoms with Gasteiger partial charge in [-0.25, -0.2) is 0 Å². The number of carbonyl (C=O) groups is 2. The van der Waals surface area contributed by atoms with Gasteiger partial charge in [0.2, 0.25) is 11.8 Å². The van der Waals surface area contributed by atoms with Gasteiger partial charge in [-0.3, -0.25) is 9.59 Å². The maximum atomic E-state index is 12.5. The summed E-state index contributed by atoms with van der Waals surface area (Å²) in [7, 11) is 0. The van der Waals surface area contributed by atoms with Gasteiger partial charge in [0.15, 0.2) is 0 Å². The van der Waals surface area contributed by atoms with Crippen molar-refractivity contribution in [3.8, 4) is 0 Å². The minimum absolute atomic E-state index is 0.0150. The van der Waals surface area contributed by atoms with Gasteiger partial charge in [-0.2, -0.15) is 0 Å². The molecule has 23 heavy (non-hydrogen) atoms. The lowest BCUT2D eigenvalue weighted by Crippen LogP contribution is -2.61. The van der Waals surface area contributed by atoms with E-state index in [0.29, 0.717) is 25.9 Å². The highest BCUT2D eigenvalue weighted by Crippen LogP contribution is 2.24. The van der Waals surface area contributed by atoms with Crippen LogP contribution in [-0.4, -0.2) is 41.4 Å². The van der Waals surface area contributed by atoms with Crippen molar-refractivity contribution in [3.63, 3.8) is 0 Å². The lowest BCUT2D eigenvalue weighted by molar-refractivity contribution is -0.147. The number of piperazine rings is 1. The van der Waals surface area contributed by atoms with Crippen LogP contribution in [0.5, 0.6) is 0 Å². The Hall–Kier alpha value is -1.59. The molecule has 0 bridgehead atoms. The van der Waals surface area contributed by atoms with Gasteiger partial charge < -0.3 is 15.5 Å². The minimum atomic E-state index is -0.348. The highest BCUT2D eigenvalue weighted by molar-refractivity contribution is 6.30. The van der Waals surface area contributed by atoms with Crippen LogP contribution in [0.2, 0.25) is 5.02 Å². The van der Waals surface area contributed by atoms with Crippen LogP contribution >= 0.6 is 11.6 Å². The van der Waals surface area contributed by atoms with Crippen molar-refractivity contribution in [2.75, 3.05) is 6.54 Å². The molecular weight excluding hydrogens is 314 g/mol. The van der Waals surface area contributed by atoms with E-state index in [0.717, 1.165) is 17.0 Å². The van der Waals surface area contributed by atoms with Crippen LogP contribution in [0.15, 0.2) is 24.3 Å². The summed E-state index contributed by atoms with van der Waals surface area (Å²) in [5.41, 5.74) is 1.14. The Morgan fingerprint density at radius 3 is 2.74 bits per heavy atom. The number of halogens is 1. The number of hydrogen-bond donors (Lipinski definition) is 2. The number of amides is 2. The van der Waals surface area contributed by atoms with Crippen molar-refractivity contribution in [1.29, 1.82) is 0 Å². The monoisotopic (exact) mass is 335 g/mol. The molecule has 0 aliphatic carbocycles. The number of nitrogens with zero attached hydrogens (tertiary/aromatic N) is 1. The zero-order valence-corrected chi connectivity index (χ0v) is 14.0. The summed E-state index contributed by atoms with van der Waals surface area (Å²) in [6, 6.07) is 7.16. The molecule has 3 atom stereocenters. The van der Waals surface area contributed by atoms with Gasteiger partial charge >= 0.3 is 0 Å². The van der Waals surface area contributed by atoms with Gasteiger partial charge in [-0.15, -0.1) is 0 Å². The summed E-state index contributed by atoms with van der Waals surface area (Å²) in [6.07, 6.45) is 2.26. The maximum absolute atomic E-state index is 12.5. The molecule has 2 aliphatic rings. The molecule has 1 aromatic carbocycles. The molecule has 2 fully saturated rings. The Balaban J connectivity index is 1.59. The van der Waals surface area contributed by atoms with Crippen molar-refractivity contribution in [2.45, 2.75) is 50.9 Å². The first-order valence-corrected chi connectivity index (χ1v) is 8.55. The second-order valence-corrected chi connectivity index (χ2v) is 6.73. The molecule has 0 radical (unpaired) electrons. The van der Waals surface area contributed by atoms with Crippen LogP contribution in [0.1, 0.15) is 31.7 Å². The molecule has 2 N–H and O–H groups in total. The van der Waals surface area contributed by atoms with Gasteiger partial charge in [-0.1, -0.05) is 37.1 Å². The standard InChI is InChI=1S/C17H22ClN3O2/c1-2-3-14-17(23)21-10-13(8-15(21)16(22)20-14)19-9-11-4-6-12(18)7-5-11/h4-7,13-15,19H,2-3,8-10H2,1H3,(H,20,22)/t13-,14-,15-/m0/s1. The second kappa shape index (κ2) is 6.89. The lowest BCUT2D eigenvalue weighted by Gasteiger charge is -2.34. The first-order chi connectivity index (χ1) is 11.1. The van der Waals surface area contributed by atoms with E-state index in [-0.39, 0.29) is 29.9 Å². The molecule has 2 saturated heterocycles. The zero-order chi connectivity index (χ0) is 16.4. The Labute approximate surface area is 141 Å². The number of nitrogens with one attached hydrogen (secondary N) is 2. The van der Waals surface area contributed by atoms with Crippen LogP contribution in [0.4, 0.5) is 0 Å². The molecule has 0 unspecified atom stereocenters. The molecule has 6 heteroatoms. The normalized spacial score (nSPS) is 27.0. The Morgan fingerprint density at radius 1 is 1.30 bits per heavy atom. The third-order valence-corrected chi connectivity index (χ3v) is 4.84. The van der Waals surface area contributed by atoms with E-state index >= 15 is 0 Å². The van der Waals surface area contributed by atoms with Crippen molar-refractivity contribution < 1.29 is 9.59 Å². The molecule has 0 saturated carbocycles. The fourth-order valence-corrected chi connectivity index (χ4v) is 3.48. The molecule has 124 valence electrons. The molecular formula is C17H22ClN3O2. The van der Waals surface area contributed by atoms with E-state index in [4.69, 9.17) is 11.6 Å². The predicted molar refractivity (Wildman–Crippen MR) is 89.0 cm³/mol. The Bertz CT molecular complexity index is 590. The summed E-state index contributed by atoms with van der Waals surface area (Å²) < 4.78 is 0. The van der Waals surface area contributed by atoms with Crippen molar-refractivity contribution in [2.24, 2.45) is 0 Å². The van der Waals surface area contributed by atoms with E-state index in [1.807, 2.05) is 31.2 Å². The van der Waals surface area contributed by atoms with Crippen LogP contribution < -0.4 is 10.6 Å². The van der Waals surface area contributed by atoms with E-state index in [1.54, 1.807) is 4.90 Å². The largest absolute Gasteiger partial charge is 0.343 e. The predicted octanol–water partition coefficient (Wildman–Crippen LogP) is 1.70. The van der Waals surface area contributed by atoms with Crippen LogP contribution in [-0.2, 0) is 16.1 Å². The zero-order valence-electron chi connectivity index (χ0n) is 13.2. The van der Waals surface area contributed by atoms with Crippen LogP contribution in [0.3, 0.4) is 0 Å². The molecule has 1 aromatic rings. The van der Waals surface area contributed by atoms with Crippen LogP contribution in [0, 0.1) is 0 Å². The SMILES string of the molecule is CCC[C@@H]1NC(=O)[C@@H]2C[C@H](NCc3ccc(Cl)cc3)CN2C1=O. The van der Waals surface area contributed by atoms with E-state index in [1.165, 1.54) is 0 Å². The number of carbonyl (C=O) groups excluding carboxylic acids is 2. The van der Waals surface area contributed by atoms with E-state index < -0.39 is 0 Å². The summed E-state index contributed by atoms with van der Waals surface area (Å²) >= 11 is 5.88. The third-order valence-electron chi connectivity index (χ3n) is 4.59. The summed E-state index contributed by atoms with van der Waals surface area (Å²) in [4.78, 5) is 26.4. The number of fused-ring (bicyclic) bond motifs is 1. The molecule has 2 heterocycles. The highest BCUT2D eigenvalue weighted by atomic mass is 35.5.